The number of hydrogen-bond donors (Lipinski definition) is 3. The van der Waals surface area contributed by atoms with Crippen molar-refractivity contribution in [2.75, 3.05) is 64.7 Å². The lowest BCUT2D eigenvalue weighted by molar-refractivity contribution is -0.137. The number of carbonyl (C=O) groups excluding carboxylic acids is 4. The Bertz CT molecular complexity index is 910. The smallest absolute Gasteiger partial charge is 0.255 e. The lowest BCUT2D eigenvalue weighted by Gasteiger charge is -2.29. The van der Waals surface area contributed by atoms with Gasteiger partial charge in [0, 0.05) is 36.3 Å². The summed E-state index contributed by atoms with van der Waals surface area (Å²) in [4.78, 5) is 50.2. The summed E-state index contributed by atoms with van der Waals surface area (Å²) in [5.74, 6) is -1.49. The maximum absolute atomic E-state index is 12.8. The molecule has 0 aromatic heterocycles. The van der Waals surface area contributed by atoms with Gasteiger partial charge in [0.2, 0.25) is 17.7 Å². The first-order valence-corrected chi connectivity index (χ1v) is 11.6. The van der Waals surface area contributed by atoms with Crippen LogP contribution in [0.3, 0.4) is 0 Å². The molecule has 192 valence electrons. The van der Waals surface area contributed by atoms with Crippen molar-refractivity contribution in [2.24, 2.45) is 5.73 Å². The maximum atomic E-state index is 12.8. The molecule has 1 fully saturated rings. The molecule has 0 spiro atoms. The molecule has 2 aliphatic heterocycles. The summed E-state index contributed by atoms with van der Waals surface area (Å²) in [5, 5.41) is 5.04. The standard InChI is InChI=1S/C23H32N4O8/c24-6-7-32-8-9-33-10-11-34-12-13-35-15-21(29)25-18-3-1-2-16-17(18)14-27(23(16)31)19-4-5-20(28)26-22(19)30/h1-3,19H,4-15,24H2,(H,25,29)(H,26,28,30). The third-order valence-corrected chi connectivity index (χ3v) is 5.47. The first-order valence-electron chi connectivity index (χ1n) is 11.6. The number of rotatable bonds is 15. The summed E-state index contributed by atoms with van der Waals surface area (Å²) in [6.07, 6.45) is 0.454. The molecule has 1 aromatic rings. The molecule has 0 aliphatic carbocycles. The molecule has 12 heteroatoms. The Morgan fingerprint density at radius 3 is 2.31 bits per heavy atom. The van der Waals surface area contributed by atoms with Crippen molar-refractivity contribution in [3.63, 3.8) is 0 Å². The Labute approximate surface area is 203 Å². The second-order valence-electron chi connectivity index (χ2n) is 7.96. The van der Waals surface area contributed by atoms with Crippen LogP contribution in [-0.4, -0.2) is 94.0 Å². The highest BCUT2D eigenvalue weighted by molar-refractivity contribution is 6.06. The summed E-state index contributed by atoms with van der Waals surface area (Å²) in [6.45, 7) is 3.34. The first kappa shape index (κ1) is 26.7. The highest BCUT2D eigenvalue weighted by Crippen LogP contribution is 2.32. The summed E-state index contributed by atoms with van der Waals surface area (Å²) in [5.41, 5.74) is 6.86. The fourth-order valence-corrected chi connectivity index (χ4v) is 3.80. The van der Waals surface area contributed by atoms with E-state index < -0.39 is 11.9 Å². The summed E-state index contributed by atoms with van der Waals surface area (Å²) in [7, 11) is 0. The molecule has 2 heterocycles. The van der Waals surface area contributed by atoms with Gasteiger partial charge in [0.25, 0.3) is 5.91 Å². The first-order chi connectivity index (χ1) is 17.0. The molecular formula is C23H32N4O8. The Balaban J connectivity index is 1.35. The van der Waals surface area contributed by atoms with E-state index in [4.69, 9.17) is 24.7 Å². The van der Waals surface area contributed by atoms with Crippen molar-refractivity contribution in [3.8, 4) is 0 Å². The number of hydrogen-bond acceptors (Lipinski definition) is 9. The SMILES string of the molecule is NCCOCCOCCOCCOCC(=O)Nc1cccc2c1CN(C1CCC(=O)NC1=O)C2=O. The van der Waals surface area contributed by atoms with E-state index in [1.165, 1.54) is 4.90 Å². The minimum Gasteiger partial charge on any atom is -0.378 e. The number of nitrogens with two attached hydrogens (primary N) is 1. The summed E-state index contributed by atoms with van der Waals surface area (Å²) >= 11 is 0. The highest BCUT2D eigenvalue weighted by atomic mass is 16.6. The Morgan fingerprint density at radius 1 is 1.00 bits per heavy atom. The number of ether oxygens (including phenoxy) is 4. The molecule has 12 nitrogen and oxygen atoms in total. The topological polar surface area (TPSA) is 159 Å². The molecule has 0 bridgehead atoms. The summed E-state index contributed by atoms with van der Waals surface area (Å²) in [6, 6.07) is 4.31. The van der Waals surface area contributed by atoms with Gasteiger partial charge in [0.05, 0.1) is 46.2 Å². The van der Waals surface area contributed by atoms with Crippen molar-refractivity contribution in [2.45, 2.75) is 25.4 Å². The molecule has 3 rings (SSSR count). The van der Waals surface area contributed by atoms with Gasteiger partial charge in [0.15, 0.2) is 0 Å². The van der Waals surface area contributed by atoms with Gasteiger partial charge in [0.1, 0.15) is 12.6 Å². The van der Waals surface area contributed by atoms with Crippen LogP contribution in [0.1, 0.15) is 28.8 Å². The zero-order valence-electron chi connectivity index (χ0n) is 19.6. The number of imide groups is 1. The zero-order chi connectivity index (χ0) is 25.0. The van der Waals surface area contributed by atoms with Crippen LogP contribution in [0, 0.1) is 0 Å². The number of anilines is 1. The largest absolute Gasteiger partial charge is 0.378 e. The molecule has 35 heavy (non-hydrogen) atoms. The average Bonchev–Trinajstić information content (AvgIpc) is 3.17. The van der Waals surface area contributed by atoms with Crippen LogP contribution < -0.4 is 16.4 Å². The predicted molar refractivity (Wildman–Crippen MR) is 123 cm³/mol. The van der Waals surface area contributed by atoms with E-state index in [0.717, 1.165) is 0 Å². The van der Waals surface area contributed by atoms with E-state index in [1.54, 1.807) is 18.2 Å². The minimum absolute atomic E-state index is 0.173. The molecule has 4 N–H and O–H groups in total. The molecule has 0 radical (unpaired) electrons. The highest BCUT2D eigenvalue weighted by Gasteiger charge is 2.39. The van der Waals surface area contributed by atoms with E-state index in [-0.39, 0.29) is 50.3 Å². The van der Waals surface area contributed by atoms with Crippen LogP contribution in [0.4, 0.5) is 5.69 Å². The van der Waals surface area contributed by atoms with Gasteiger partial charge in [-0.25, -0.2) is 0 Å². The van der Waals surface area contributed by atoms with E-state index in [9.17, 15) is 19.2 Å². The average molecular weight is 493 g/mol. The second kappa shape index (κ2) is 13.9. The molecule has 0 saturated carbocycles. The molecule has 1 atom stereocenters. The molecule has 1 unspecified atom stereocenters. The van der Waals surface area contributed by atoms with Gasteiger partial charge >= 0.3 is 0 Å². The van der Waals surface area contributed by atoms with Crippen LogP contribution in [0.25, 0.3) is 0 Å². The molecule has 4 amide bonds. The van der Waals surface area contributed by atoms with Gasteiger partial charge in [-0.15, -0.1) is 0 Å². The van der Waals surface area contributed by atoms with Gasteiger partial charge in [-0.1, -0.05) is 6.07 Å². The third-order valence-electron chi connectivity index (χ3n) is 5.47. The number of nitrogens with zero attached hydrogens (tertiary/aromatic N) is 1. The van der Waals surface area contributed by atoms with Crippen LogP contribution >= 0.6 is 0 Å². The lowest BCUT2D eigenvalue weighted by atomic mass is 10.0. The molecule has 2 aliphatic rings. The van der Waals surface area contributed by atoms with Gasteiger partial charge in [-0.3, -0.25) is 24.5 Å². The third kappa shape index (κ3) is 7.80. The molecular weight excluding hydrogens is 460 g/mol. The lowest BCUT2D eigenvalue weighted by Crippen LogP contribution is -2.52. The van der Waals surface area contributed by atoms with Crippen LogP contribution in [0.5, 0.6) is 0 Å². The fourth-order valence-electron chi connectivity index (χ4n) is 3.80. The number of piperidine rings is 1. The Morgan fingerprint density at radius 2 is 1.66 bits per heavy atom. The number of nitrogens with one attached hydrogen (secondary N) is 2. The quantitative estimate of drug-likeness (QED) is 0.215. The molecule has 1 aromatic carbocycles. The van der Waals surface area contributed by atoms with Crippen molar-refractivity contribution >= 4 is 29.3 Å². The van der Waals surface area contributed by atoms with Crippen molar-refractivity contribution in [3.05, 3.63) is 29.3 Å². The normalized spacial score (nSPS) is 17.5. The van der Waals surface area contributed by atoms with E-state index >= 15 is 0 Å². The molecule has 1 saturated heterocycles. The van der Waals surface area contributed by atoms with Crippen molar-refractivity contribution in [1.82, 2.24) is 10.2 Å². The number of amides is 4. The Kier molecular flexibility index (Phi) is 10.6. The van der Waals surface area contributed by atoms with Crippen molar-refractivity contribution < 1.29 is 38.1 Å². The van der Waals surface area contributed by atoms with Gasteiger partial charge in [-0.2, -0.15) is 0 Å². The van der Waals surface area contributed by atoms with Gasteiger partial charge < -0.3 is 34.9 Å². The van der Waals surface area contributed by atoms with Crippen molar-refractivity contribution in [1.29, 1.82) is 0 Å². The van der Waals surface area contributed by atoms with E-state index in [2.05, 4.69) is 10.6 Å². The van der Waals surface area contributed by atoms with Crippen LogP contribution in [-0.2, 0) is 39.9 Å². The Hall–Kier alpha value is -2.90. The van der Waals surface area contributed by atoms with Gasteiger partial charge in [-0.05, 0) is 18.6 Å². The maximum Gasteiger partial charge on any atom is 0.255 e. The number of carbonyl (C=O) groups is 4. The predicted octanol–water partition coefficient (Wildman–Crippen LogP) is -0.589. The van der Waals surface area contributed by atoms with E-state index in [0.29, 0.717) is 63.0 Å². The monoisotopic (exact) mass is 492 g/mol. The zero-order valence-corrected chi connectivity index (χ0v) is 19.6. The number of benzene rings is 1. The second-order valence-corrected chi connectivity index (χ2v) is 7.96. The minimum atomic E-state index is -0.714. The van der Waals surface area contributed by atoms with Crippen LogP contribution in [0.2, 0.25) is 0 Å². The summed E-state index contributed by atoms with van der Waals surface area (Å²) < 4.78 is 21.2. The fraction of sp³-hybridized carbons (Fsp3) is 0.565. The van der Waals surface area contributed by atoms with Crippen LogP contribution in [0.15, 0.2) is 18.2 Å². The number of fused-ring (bicyclic) bond motifs is 1. The van der Waals surface area contributed by atoms with E-state index in [1.807, 2.05) is 0 Å².